The molecule has 1 N–H and O–H groups in total. The van der Waals surface area contributed by atoms with Gasteiger partial charge in [-0.15, -0.1) is 23.1 Å². The molecule has 1 heterocycles. The predicted octanol–water partition coefficient (Wildman–Crippen LogP) is 4.49. The molecule has 0 unspecified atom stereocenters. The van der Waals surface area contributed by atoms with Gasteiger partial charge in [-0.1, -0.05) is 23.7 Å². The Balaban J connectivity index is 2.53. The second-order valence-corrected chi connectivity index (χ2v) is 5.92. The van der Waals surface area contributed by atoms with Crippen LogP contribution in [-0.4, -0.2) is 17.3 Å². The number of hydrogen-bond donors (Lipinski definition) is 1. The van der Waals surface area contributed by atoms with Gasteiger partial charge < -0.3 is 5.11 Å². The van der Waals surface area contributed by atoms with Crippen LogP contribution in [0.25, 0.3) is 11.1 Å². The quantitative estimate of drug-likeness (QED) is 0.844. The first kappa shape index (κ1) is 12.5. The third-order valence-corrected chi connectivity index (χ3v) is 4.70. The third-order valence-electron chi connectivity index (χ3n) is 2.26. The number of carboxylic acid groups (broad SMARTS) is 1. The summed E-state index contributed by atoms with van der Waals surface area (Å²) in [5, 5.41) is 9.81. The normalized spacial score (nSPS) is 10.5. The van der Waals surface area contributed by atoms with E-state index >= 15 is 0 Å². The van der Waals surface area contributed by atoms with Crippen molar-refractivity contribution in [1.82, 2.24) is 0 Å². The molecule has 0 aliphatic heterocycles. The third kappa shape index (κ3) is 2.65. The average Bonchev–Trinajstić information content (AvgIpc) is 2.74. The first-order chi connectivity index (χ1) is 8.11. The van der Waals surface area contributed by atoms with Gasteiger partial charge in [-0.05, 0) is 30.0 Å². The number of benzene rings is 1. The van der Waals surface area contributed by atoms with Gasteiger partial charge in [-0.25, -0.2) is 4.79 Å². The van der Waals surface area contributed by atoms with E-state index in [1.54, 1.807) is 23.9 Å². The summed E-state index contributed by atoms with van der Waals surface area (Å²) in [7, 11) is 0. The fourth-order valence-electron chi connectivity index (χ4n) is 1.47. The van der Waals surface area contributed by atoms with Gasteiger partial charge in [0.25, 0.3) is 0 Å². The molecule has 0 saturated heterocycles. The van der Waals surface area contributed by atoms with Crippen molar-refractivity contribution in [3.63, 3.8) is 0 Å². The molecule has 0 amide bonds. The Hall–Kier alpha value is -0.970. The van der Waals surface area contributed by atoms with Crippen LogP contribution in [0, 0.1) is 0 Å². The van der Waals surface area contributed by atoms with E-state index in [1.165, 1.54) is 11.3 Å². The Labute approximate surface area is 112 Å². The maximum Gasteiger partial charge on any atom is 0.346 e. The van der Waals surface area contributed by atoms with Crippen LogP contribution >= 0.6 is 34.7 Å². The number of hydrogen-bond acceptors (Lipinski definition) is 3. The Morgan fingerprint density at radius 3 is 2.53 bits per heavy atom. The molecule has 5 heteroatoms. The van der Waals surface area contributed by atoms with E-state index in [9.17, 15) is 4.79 Å². The summed E-state index contributed by atoms with van der Waals surface area (Å²) in [5.41, 5.74) is 1.63. The van der Waals surface area contributed by atoms with Crippen LogP contribution in [0.5, 0.6) is 0 Å². The first-order valence-electron chi connectivity index (χ1n) is 4.79. The van der Waals surface area contributed by atoms with Crippen molar-refractivity contribution in [3.05, 3.63) is 40.2 Å². The molecule has 0 aliphatic rings. The second-order valence-electron chi connectivity index (χ2n) is 3.32. The van der Waals surface area contributed by atoms with E-state index in [0.29, 0.717) is 9.90 Å². The van der Waals surface area contributed by atoms with E-state index in [0.717, 1.165) is 15.3 Å². The molecule has 0 aliphatic carbocycles. The highest BCUT2D eigenvalue weighted by Crippen LogP contribution is 2.36. The smallest absolute Gasteiger partial charge is 0.346 e. The minimum absolute atomic E-state index is 0.372. The van der Waals surface area contributed by atoms with Crippen molar-refractivity contribution < 1.29 is 9.90 Å². The van der Waals surface area contributed by atoms with Gasteiger partial charge in [-0.3, -0.25) is 0 Å². The highest BCUT2D eigenvalue weighted by molar-refractivity contribution is 8.00. The molecule has 2 aromatic rings. The van der Waals surface area contributed by atoms with E-state index in [2.05, 4.69) is 0 Å². The van der Waals surface area contributed by atoms with Crippen LogP contribution in [0.4, 0.5) is 0 Å². The molecule has 0 bridgehead atoms. The number of aromatic carboxylic acids is 1. The minimum Gasteiger partial charge on any atom is -0.477 e. The Bertz CT molecular complexity index is 546. The van der Waals surface area contributed by atoms with E-state index < -0.39 is 5.97 Å². The van der Waals surface area contributed by atoms with Crippen molar-refractivity contribution in [2.24, 2.45) is 0 Å². The van der Waals surface area contributed by atoms with Gasteiger partial charge in [0.1, 0.15) is 4.88 Å². The standard InChI is InChI=1S/C12H9ClO2S2/c1-16-10-6-9(11(17-10)12(14)15)7-2-4-8(13)5-3-7/h2-6H,1H3,(H,14,15). The fourth-order valence-corrected chi connectivity index (χ4v) is 3.17. The largest absolute Gasteiger partial charge is 0.477 e. The molecule has 2 nitrogen and oxygen atoms in total. The number of thioether (sulfide) groups is 1. The summed E-state index contributed by atoms with van der Waals surface area (Å²) in [5.74, 6) is -0.889. The number of thiophene rings is 1. The molecule has 88 valence electrons. The van der Waals surface area contributed by atoms with Crippen LogP contribution in [0.3, 0.4) is 0 Å². The molecule has 0 saturated carbocycles. The summed E-state index contributed by atoms with van der Waals surface area (Å²) >= 11 is 8.66. The van der Waals surface area contributed by atoms with Crippen LogP contribution in [0.15, 0.2) is 34.5 Å². The summed E-state index contributed by atoms with van der Waals surface area (Å²) < 4.78 is 0.993. The lowest BCUT2D eigenvalue weighted by atomic mass is 10.1. The van der Waals surface area contributed by atoms with Gasteiger partial charge in [0.2, 0.25) is 0 Å². The van der Waals surface area contributed by atoms with Gasteiger partial charge in [0.15, 0.2) is 0 Å². The molecule has 2 rings (SSSR count). The number of rotatable bonds is 3. The van der Waals surface area contributed by atoms with Gasteiger partial charge >= 0.3 is 5.97 Å². The molecule has 0 fully saturated rings. The molecule has 0 spiro atoms. The molecular weight excluding hydrogens is 276 g/mol. The van der Waals surface area contributed by atoms with Gasteiger partial charge in [0.05, 0.1) is 4.21 Å². The van der Waals surface area contributed by atoms with Gasteiger partial charge in [-0.2, -0.15) is 0 Å². The maximum atomic E-state index is 11.2. The zero-order valence-corrected chi connectivity index (χ0v) is 11.3. The van der Waals surface area contributed by atoms with Crippen molar-refractivity contribution in [2.45, 2.75) is 4.21 Å². The summed E-state index contributed by atoms with van der Waals surface area (Å²) in [6.07, 6.45) is 1.93. The molecular formula is C12H9ClO2S2. The number of halogens is 1. The van der Waals surface area contributed by atoms with Crippen LogP contribution in [-0.2, 0) is 0 Å². The minimum atomic E-state index is -0.889. The second kappa shape index (κ2) is 5.12. The molecule has 17 heavy (non-hydrogen) atoms. The fraction of sp³-hybridized carbons (Fsp3) is 0.0833. The van der Waals surface area contributed by atoms with E-state index in [-0.39, 0.29) is 0 Å². The van der Waals surface area contributed by atoms with E-state index in [1.807, 2.05) is 24.5 Å². The lowest BCUT2D eigenvalue weighted by molar-refractivity contribution is 0.0703. The van der Waals surface area contributed by atoms with Crippen molar-refractivity contribution in [3.8, 4) is 11.1 Å². The van der Waals surface area contributed by atoms with Gasteiger partial charge in [0, 0.05) is 10.6 Å². The zero-order chi connectivity index (χ0) is 12.4. The van der Waals surface area contributed by atoms with Crippen molar-refractivity contribution in [2.75, 3.05) is 6.26 Å². The number of carboxylic acids is 1. The summed E-state index contributed by atoms with van der Waals surface area (Å²) in [6.45, 7) is 0. The maximum absolute atomic E-state index is 11.2. The van der Waals surface area contributed by atoms with Crippen LogP contribution in [0.2, 0.25) is 5.02 Å². The highest BCUT2D eigenvalue weighted by atomic mass is 35.5. The summed E-state index contributed by atoms with van der Waals surface area (Å²) in [4.78, 5) is 11.5. The Morgan fingerprint density at radius 1 is 1.35 bits per heavy atom. The monoisotopic (exact) mass is 284 g/mol. The molecule has 1 aromatic heterocycles. The summed E-state index contributed by atoms with van der Waals surface area (Å²) in [6, 6.07) is 9.10. The Morgan fingerprint density at radius 2 is 2.00 bits per heavy atom. The molecule has 0 atom stereocenters. The predicted molar refractivity (Wildman–Crippen MR) is 73.5 cm³/mol. The molecule has 0 radical (unpaired) electrons. The van der Waals surface area contributed by atoms with Crippen molar-refractivity contribution in [1.29, 1.82) is 0 Å². The number of carbonyl (C=O) groups is 1. The van der Waals surface area contributed by atoms with Crippen LogP contribution < -0.4 is 0 Å². The molecule has 1 aromatic carbocycles. The average molecular weight is 285 g/mol. The van der Waals surface area contributed by atoms with Crippen LogP contribution in [0.1, 0.15) is 9.67 Å². The Kier molecular flexibility index (Phi) is 3.76. The lowest BCUT2D eigenvalue weighted by Crippen LogP contribution is -1.94. The van der Waals surface area contributed by atoms with E-state index in [4.69, 9.17) is 16.7 Å². The topological polar surface area (TPSA) is 37.3 Å². The lowest BCUT2D eigenvalue weighted by Gasteiger charge is -2.00. The zero-order valence-electron chi connectivity index (χ0n) is 8.94. The SMILES string of the molecule is CSc1cc(-c2ccc(Cl)cc2)c(C(=O)O)s1. The van der Waals surface area contributed by atoms with Crippen molar-refractivity contribution >= 4 is 40.7 Å². The first-order valence-corrected chi connectivity index (χ1v) is 7.21. The highest BCUT2D eigenvalue weighted by Gasteiger charge is 2.16.